The van der Waals surface area contributed by atoms with Crippen LogP contribution < -0.4 is 0 Å². The topological polar surface area (TPSA) is 26.3 Å². The van der Waals surface area contributed by atoms with Crippen LogP contribution in [0.2, 0.25) is 51.4 Å². The zero-order valence-corrected chi connectivity index (χ0v) is 16.5. The van der Waals surface area contributed by atoms with E-state index >= 15 is 0 Å². The lowest BCUT2D eigenvalue weighted by molar-refractivity contribution is -0.158. The molecule has 0 saturated carbocycles. The Morgan fingerprint density at radius 1 is 1.00 bits per heavy atom. The van der Waals surface area contributed by atoms with Crippen LogP contribution in [0.4, 0.5) is 0 Å². The quantitative estimate of drug-likeness (QED) is 0.488. The van der Waals surface area contributed by atoms with E-state index in [2.05, 4.69) is 39.3 Å². The Hall–Kier alpha value is -0.0962. The Labute approximate surface area is 122 Å². The lowest BCUT2D eigenvalue weighted by Gasteiger charge is -2.32. The third-order valence-electron chi connectivity index (χ3n) is 3.39. The van der Waals surface area contributed by atoms with Gasteiger partial charge in [-0.05, 0) is 32.4 Å². The standard InChI is InChI=1S/C15H34O2Si2/c1-10-15(2,3)14(16)17-13(11-18(4,5)6)12-19(7,8)9/h13H,10-12H2,1-9H3. The average molecular weight is 303 g/mol. The van der Waals surface area contributed by atoms with Crippen LogP contribution in [0.15, 0.2) is 0 Å². The number of carbonyl (C=O) groups excluding carboxylic acids is 1. The molecule has 0 radical (unpaired) electrons. The normalized spacial score (nSPS) is 13.8. The van der Waals surface area contributed by atoms with Crippen LogP contribution in [0, 0.1) is 5.41 Å². The number of hydrogen-bond donors (Lipinski definition) is 0. The van der Waals surface area contributed by atoms with Crippen molar-refractivity contribution in [2.24, 2.45) is 5.41 Å². The molecular weight excluding hydrogens is 268 g/mol. The minimum atomic E-state index is -1.21. The van der Waals surface area contributed by atoms with Crippen molar-refractivity contribution in [3.63, 3.8) is 0 Å². The van der Waals surface area contributed by atoms with Crippen molar-refractivity contribution in [1.82, 2.24) is 0 Å². The van der Waals surface area contributed by atoms with Crippen LogP contribution >= 0.6 is 0 Å². The van der Waals surface area contributed by atoms with E-state index in [4.69, 9.17) is 4.74 Å². The maximum absolute atomic E-state index is 12.3. The summed E-state index contributed by atoms with van der Waals surface area (Å²) in [5.74, 6) is -0.0171. The molecule has 0 heterocycles. The lowest BCUT2D eigenvalue weighted by atomic mass is 9.91. The molecule has 0 rings (SSSR count). The highest BCUT2D eigenvalue weighted by molar-refractivity contribution is 6.78. The van der Waals surface area contributed by atoms with E-state index in [1.54, 1.807) is 0 Å². The van der Waals surface area contributed by atoms with Gasteiger partial charge in [-0.15, -0.1) is 0 Å². The second-order valence-corrected chi connectivity index (χ2v) is 19.9. The first-order valence-corrected chi connectivity index (χ1v) is 14.9. The summed E-state index contributed by atoms with van der Waals surface area (Å²) >= 11 is 0. The van der Waals surface area contributed by atoms with Gasteiger partial charge in [-0.25, -0.2) is 0 Å². The van der Waals surface area contributed by atoms with Crippen molar-refractivity contribution in [3.8, 4) is 0 Å². The van der Waals surface area contributed by atoms with E-state index in [0.29, 0.717) is 0 Å². The maximum atomic E-state index is 12.3. The maximum Gasteiger partial charge on any atom is 0.311 e. The molecule has 0 aromatic carbocycles. The smallest absolute Gasteiger partial charge is 0.311 e. The Bertz CT molecular complexity index is 282. The molecule has 0 aromatic rings. The van der Waals surface area contributed by atoms with Gasteiger partial charge in [0, 0.05) is 16.1 Å². The molecule has 0 aromatic heterocycles. The summed E-state index contributed by atoms with van der Waals surface area (Å²) in [6.45, 7) is 20.1. The molecule has 0 aliphatic heterocycles. The molecular formula is C15H34O2Si2. The number of rotatable bonds is 7. The van der Waals surface area contributed by atoms with Crippen molar-refractivity contribution >= 4 is 22.1 Å². The molecule has 0 amide bonds. The molecule has 0 fully saturated rings. The fourth-order valence-electron chi connectivity index (χ4n) is 1.98. The Morgan fingerprint density at radius 2 is 1.37 bits per heavy atom. The van der Waals surface area contributed by atoms with Gasteiger partial charge in [0.1, 0.15) is 0 Å². The van der Waals surface area contributed by atoms with Gasteiger partial charge in [0.2, 0.25) is 0 Å². The zero-order valence-electron chi connectivity index (χ0n) is 14.5. The van der Waals surface area contributed by atoms with Crippen molar-refractivity contribution in [3.05, 3.63) is 0 Å². The predicted octanol–water partition coefficient (Wildman–Crippen LogP) is 5.01. The summed E-state index contributed by atoms with van der Waals surface area (Å²) in [5.41, 5.74) is -0.350. The highest BCUT2D eigenvalue weighted by Crippen LogP contribution is 2.28. The van der Waals surface area contributed by atoms with E-state index in [0.717, 1.165) is 18.5 Å². The first kappa shape index (κ1) is 18.9. The summed E-state index contributed by atoms with van der Waals surface area (Å²) in [5, 5.41) is 0. The summed E-state index contributed by atoms with van der Waals surface area (Å²) in [6.07, 6.45) is 0.968. The highest BCUT2D eigenvalue weighted by Gasteiger charge is 2.33. The molecule has 0 N–H and O–H groups in total. The summed E-state index contributed by atoms with van der Waals surface area (Å²) < 4.78 is 5.89. The number of esters is 1. The second kappa shape index (κ2) is 6.57. The van der Waals surface area contributed by atoms with Gasteiger partial charge >= 0.3 is 5.97 Å². The Kier molecular flexibility index (Phi) is 6.54. The van der Waals surface area contributed by atoms with Crippen molar-refractivity contribution in [1.29, 1.82) is 0 Å². The lowest BCUT2D eigenvalue weighted by Crippen LogP contribution is -2.38. The van der Waals surface area contributed by atoms with Gasteiger partial charge in [-0.1, -0.05) is 46.2 Å². The highest BCUT2D eigenvalue weighted by atomic mass is 28.3. The molecule has 0 spiro atoms. The van der Waals surface area contributed by atoms with Crippen molar-refractivity contribution in [2.45, 2.75) is 84.7 Å². The SMILES string of the molecule is CCC(C)(C)C(=O)OC(C[Si](C)(C)C)C[Si](C)(C)C. The van der Waals surface area contributed by atoms with E-state index in [9.17, 15) is 4.79 Å². The van der Waals surface area contributed by atoms with E-state index in [-0.39, 0.29) is 17.5 Å². The van der Waals surface area contributed by atoms with Gasteiger partial charge in [0.05, 0.1) is 11.5 Å². The van der Waals surface area contributed by atoms with Crippen LogP contribution in [0.3, 0.4) is 0 Å². The van der Waals surface area contributed by atoms with Crippen molar-refractivity contribution < 1.29 is 9.53 Å². The van der Waals surface area contributed by atoms with Gasteiger partial charge < -0.3 is 4.74 Å². The molecule has 19 heavy (non-hydrogen) atoms. The molecule has 0 bridgehead atoms. The Balaban J connectivity index is 4.82. The zero-order chi connectivity index (χ0) is 15.5. The Morgan fingerprint density at radius 3 is 1.63 bits per heavy atom. The molecule has 114 valence electrons. The summed E-state index contributed by atoms with van der Waals surface area (Å²) in [7, 11) is -2.42. The predicted molar refractivity (Wildman–Crippen MR) is 90.3 cm³/mol. The van der Waals surface area contributed by atoms with Crippen LogP contribution in [0.5, 0.6) is 0 Å². The summed E-state index contributed by atoms with van der Waals surface area (Å²) in [4.78, 5) is 12.3. The molecule has 0 unspecified atom stereocenters. The number of ether oxygens (including phenoxy) is 1. The van der Waals surface area contributed by atoms with Crippen LogP contribution in [0.1, 0.15) is 27.2 Å². The van der Waals surface area contributed by atoms with Gasteiger partial charge in [0.25, 0.3) is 0 Å². The minimum absolute atomic E-state index is 0.0171. The summed E-state index contributed by atoms with van der Waals surface area (Å²) in [6, 6.07) is 2.17. The van der Waals surface area contributed by atoms with Crippen molar-refractivity contribution in [2.75, 3.05) is 0 Å². The van der Waals surface area contributed by atoms with Gasteiger partial charge in [-0.2, -0.15) is 0 Å². The molecule has 0 saturated heterocycles. The van der Waals surface area contributed by atoms with E-state index < -0.39 is 16.1 Å². The molecule has 4 heteroatoms. The van der Waals surface area contributed by atoms with Crippen LogP contribution in [-0.4, -0.2) is 28.2 Å². The molecule has 0 atom stereocenters. The fourth-order valence-corrected chi connectivity index (χ4v) is 5.45. The second-order valence-electron chi connectivity index (χ2n) is 8.79. The van der Waals surface area contributed by atoms with Crippen LogP contribution in [0.25, 0.3) is 0 Å². The molecule has 0 aliphatic rings. The minimum Gasteiger partial charge on any atom is -0.463 e. The molecule has 0 aliphatic carbocycles. The van der Waals surface area contributed by atoms with Crippen LogP contribution in [-0.2, 0) is 9.53 Å². The van der Waals surface area contributed by atoms with Gasteiger partial charge in [0.15, 0.2) is 0 Å². The third-order valence-corrected chi connectivity index (χ3v) is 6.75. The van der Waals surface area contributed by atoms with E-state index in [1.165, 1.54) is 0 Å². The first-order valence-electron chi connectivity index (χ1n) is 7.48. The fraction of sp³-hybridized carbons (Fsp3) is 0.933. The van der Waals surface area contributed by atoms with E-state index in [1.807, 2.05) is 20.8 Å². The average Bonchev–Trinajstić information content (AvgIpc) is 2.11. The van der Waals surface area contributed by atoms with Gasteiger partial charge in [-0.3, -0.25) is 4.79 Å². The first-order chi connectivity index (χ1) is 8.27. The monoisotopic (exact) mass is 302 g/mol. The third kappa shape index (κ3) is 8.63. The number of hydrogen-bond acceptors (Lipinski definition) is 2. The molecule has 2 nitrogen and oxygen atoms in total. The number of carbonyl (C=O) groups is 1. The largest absolute Gasteiger partial charge is 0.463 e.